The molecule has 3 rings (SSSR count). The molecule has 0 saturated carbocycles. The Morgan fingerprint density at radius 3 is 2.20 bits per heavy atom. The van der Waals surface area contributed by atoms with Crippen molar-refractivity contribution in [3.63, 3.8) is 0 Å². The Bertz CT molecular complexity index is 1420. The van der Waals surface area contributed by atoms with E-state index in [9.17, 15) is 18.0 Å². The normalized spacial score (nSPS) is 11.9. The van der Waals surface area contributed by atoms with Crippen molar-refractivity contribution in [3.05, 3.63) is 94.0 Å². The van der Waals surface area contributed by atoms with Crippen molar-refractivity contribution in [3.8, 4) is 5.75 Å². The van der Waals surface area contributed by atoms with Crippen LogP contribution in [0.4, 0.5) is 5.69 Å². The molecule has 0 aliphatic carbocycles. The number of nitrogens with one attached hydrogen (secondary N) is 1. The average molecular weight is 621 g/mol. The van der Waals surface area contributed by atoms with Crippen molar-refractivity contribution in [1.82, 2.24) is 10.2 Å². The van der Waals surface area contributed by atoms with Crippen LogP contribution in [0, 0.1) is 0 Å². The molecule has 220 valence electrons. The Morgan fingerprint density at radius 1 is 0.927 bits per heavy atom. The monoisotopic (exact) mass is 619 g/mol. The third kappa shape index (κ3) is 9.38. The molecule has 8 nitrogen and oxygen atoms in total. The van der Waals surface area contributed by atoms with Crippen molar-refractivity contribution in [1.29, 1.82) is 0 Å². The number of carbonyl (C=O) groups is 2. The Labute approximate surface area is 252 Å². The van der Waals surface area contributed by atoms with E-state index in [0.717, 1.165) is 16.1 Å². The summed E-state index contributed by atoms with van der Waals surface area (Å²) in [5.74, 6) is -0.313. The van der Waals surface area contributed by atoms with Gasteiger partial charge in [0.25, 0.3) is 0 Å². The molecule has 0 fully saturated rings. The van der Waals surface area contributed by atoms with Crippen molar-refractivity contribution < 1.29 is 22.7 Å². The van der Waals surface area contributed by atoms with Gasteiger partial charge >= 0.3 is 0 Å². The first-order valence-electron chi connectivity index (χ1n) is 13.3. The van der Waals surface area contributed by atoms with E-state index in [4.69, 9.17) is 27.9 Å². The van der Waals surface area contributed by atoms with E-state index in [-0.39, 0.29) is 18.9 Å². The zero-order chi connectivity index (χ0) is 30.0. The number of benzene rings is 3. The minimum absolute atomic E-state index is 0.00759. The highest BCUT2D eigenvalue weighted by molar-refractivity contribution is 7.92. The maximum atomic E-state index is 14.1. The van der Waals surface area contributed by atoms with E-state index in [0.29, 0.717) is 46.6 Å². The average Bonchev–Trinajstić information content (AvgIpc) is 2.94. The predicted octanol–water partition coefficient (Wildman–Crippen LogP) is 5.32. The molecule has 41 heavy (non-hydrogen) atoms. The molecule has 0 aliphatic heterocycles. The number of carbonyl (C=O) groups excluding carboxylic acids is 2. The minimum Gasteiger partial charge on any atom is -0.494 e. The second kappa shape index (κ2) is 15.1. The Morgan fingerprint density at radius 2 is 1.61 bits per heavy atom. The van der Waals surface area contributed by atoms with E-state index >= 15 is 0 Å². The molecule has 0 aromatic heterocycles. The molecule has 1 N–H and O–H groups in total. The van der Waals surface area contributed by atoms with Crippen molar-refractivity contribution >= 4 is 50.7 Å². The molecule has 11 heteroatoms. The maximum Gasteiger partial charge on any atom is 0.244 e. The fraction of sp³-hybridized carbons (Fsp3) is 0.333. The molecule has 3 aromatic rings. The van der Waals surface area contributed by atoms with E-state index in [1.807, 2.05) is 44.2 Å². The summed E-state index contributed by atoms with van der Waals surface area (Å²) in [5.41, 5.74) is 1.79. The second-order valence-electron chi connectivity index (χ2n) is 9.46. The molecule has 0 heterocycles. The molecule has 0 bridgehead atoms. The van der Waals surface area contributed by atoms with E-state index in [1.165, 1.54) is 4.90 Å². The first-order valence-corrected chi connectivity index (χ1v) is 15.9. The first kappa shape index (κ1) is 32.2. The highest BCUT2D eigenvalue weighted by Crippen LogP contribution is 2.26. The van der Waals surface area contributed by atoms with E-state index in [2.05, 4.69) is 5.32 Å². The smallest absolute Gasteiger partial charge is 0.244 e. The maximum absolute atomic E-state index is 14.1. The van der Waals surface area contributed by atoms with Crippen molar-refractivity contribution in [2.24, 2.45) is 0 Å². The lowest BCUT2D eigenvalue weighted by Crippen LogP contribution is -2.53. The number of anilines is 1. The molecular formula is C30H35Cl2N3O5S. The second-order valence-corrected chi connectivity index (χ2v) is 12.2. The third-order valence-corrected chi connectivity index (χ3v) is 8.15. The van der Waals surface area contributed by atoms with Crippen LogP contribution in [0.2, 0.25) is 10.0 Å². The lowest BCUT2D eigenvalue weighted by atomic mass is 10.0. The quantitative estimate of drug-likeness (QED) is 0.263. The van der Waals surface area contributed by atoms with Crippen LogP contribution < -0.4 is 14.4 Å². The fourth-order valence-electron chi connectivity index (χ4n) is 4.24. The zero-order valence-electron chi connectivity index (χ0n) is 23.3. The number of sulfonamides is 1. The molecule has 0 spiro atoms. The minimum atomic E-state index is -3.87. The third-order valence-electron chi connectivity index (χ3n) is 6.27. The summed E-state index contributed by atoms with van der Waals surface area (Å²) in [4.78, 5) is 29.0. The number of hydrogen-bond donors (Lipinski definition) is 1. The summed E-state index contributed by atoms with van der Waals surface area (Å²) >= 11 is 12.4. The van der Waals surface area contributed by atoms with Crippen molar-refractivity contribution in [2.45, 2.75) is 39.3 Å². The van der Waals surface area contributed by atoms with Crippen LogP contribution in [-0.4, -0.2) is 57.1 Å². The van der Waals surface area contributed by atoms with Crippen LogP contribution in [0.5, 0.6) is 5.75 Å². The summed E-state index contributed by atoms with van der Waals surface area (Å²) in [6.07, 6.45) is 1.98. The topological polar surface area (TPSA) is 96.0 Å². The molecule has 1 atom stereocenters. The van der Waals surface area contributed by atoms with E-state index < -0.39 is 28.5 Å². The Kier molecular flexibility index (Phi) is 11.9. The summed E-state index contributed by atoms with van der Waals surface area (Å²) in [7, 11) is -3.87. The lowest BCUT2D eigenvalue weighted by molar-refractivity contribution is -0.140. The largest absolute Gasteiger partial charge is 0.494 e. The van der Waals surface area contributed by atoms with Crippen LogP contribution >= 0.6 is 23.2 Å². The highest BCUT2D eigenvalue weighted by Gasteiger charge is 2.33. The molecule has 0 radical (unpaired) electrons. The number of rotatable bonds is 14. The van der Waals surface area contributed by atoms with Gasteiger partial charge in [0, 0.05) is 19.5 Å². The van der Waals surface area contributed by atoms with Gasteiger partial charge in [-0.3, -0.25) is 13.9 Å². The number of halogens is 2. The summed E-state index contributed by atoms with van der Waals surface area (Å²) < 4.78 is 32.3. The van der Waals surface area contributed by atoms with Crippen LogP contribution in [0.1, 0.15) is 31.4 Å². The van der Waals surface area contributed by atoms with Gasteiger partial charge in [-0.15, -0.1) is 0 Å². The van der Waals surface area contributed by atoms with Gasteiger partial charge in [-0.1, -0.05) is 66.5 Å². The number of nitrogens with zero attached hydrogens (tertiary/aromatic N) is 2. The van der Waals surface area contributed by atoms with Gasteiger partial charge in [-0.05, 0) is 60.9 Å². The van der Waals surface area contributed by atoms with Crippen LogP contribution in [0.15, 0.2) is 72.8 Å². The molecule has 2 amide bonds. The number of amides is 2. The molecule has 0 aliphatic rings. The zero-order valence-corrected chi connectivity index (χ0v) is 25.7. The Balaban J connectivity index is 2.03. The van der Waals surface area contributed by atoms with Gasteiger partial charge in [-0.25, -0.2) is 8.42 Å². The Hall–Kier alpha value is -3.27. The van der Waals surface area contributed by atoms with Gasteiger partial charge in [0.05, 0.1) is 28.6 Å². The van der Waals surface area contributed by atoms with Crippen LogP contribution in [0.25, 0.3) is 0 Å². The van der Waals surface area contributed by atoms with Crippen LogP contribution in [0.3, 0.4) is 0 Å². The highest BCUT2D eigenvalue weighted by atomic mass is 35.5. The predicted molar refractivity (Wildman–Crippen MR) is 164 cm³/mol. The molecular weight excluding hydrogens is 585 g/mol. The van der Waals surface area contributed by atoms with Crippen molar-refractivity contribution in [2.75, 3.05) is 30.3 Å². The molecule has 0 unspecified atom stereocenters. The van der Waals surface area contributed by atoms with Gasteiger partial charge in [-0.2, -0.15) is 0 Å². The van der Waals surface area contributed by atoms with Crippen LogP contribution in [-0.2, 0) is 32.6 Å². The standard InChI is InChI=1S/C30H35Cl2N3O5S/c1-4-17-33-30(37)28(19-22-9-7-6-8-10-22)34(20-23-11-16-26(31)27(32)18-23)29(36)21-35(41(3,38)39)24-12-14-25(15-13-24)40-5-2/h6-16,18,28H,4-5,17,19-21H2,1-3H3,(H,33,37)/t28-/m0/s1. The van der Waals surface area contributed by atoms with Gasteiger partial charge in [0.15, 0.2) is 0 Å². The molecule has 0 saturated heterocycles. The van der Waals surface area contributed by atoms with Gasteiger partial charge in [0.1, 0.15) is 18.3 Å². The summed E-state index contributed by atoms with van der Waals surface area (Å²) in [6, 6.07) is 19.9. The number of hydrogen-bond acceptors (Lipinski definition) is 5. The van der Waals surface area contributed by atoms with E-state index in [1.54, 1.807) is 42.5 Å². The molecule has 3 aromatic carbocycles. The number of ether oxygens (including phenoxy) is 1. The lowest BCUT2D eigenvalue weighted by Gasteiger charge is -2.33. The fourth-order valence-corrected chi connectivity index (χ4v) is 5.41. The summed E-state index contributed by atoms with van der Waals surface area (Å²) in [6.45, 7) is 4.17. The van der Waals surface area contributed by atoms with Gasteiger partial charge in [0.2, 0.25) is 21.8 Å². The first-order chi connectivity index (χ1) is 19.5. The van der Waals surface area contributed by atoms with Gasteiger partial charge < -0.3 is 15.0 Å². The summed E-state index contributed by atoms with van der Waals surface area (Å²) in [5, 5.41) is 3.56. The SMILES string of the molecule is CCCNC(=O)[C@H](Cc1ccccc1)N(Cc1ccc(Cl)c(Cl)c1)C(=O)CN(c1ccc(OCC)cc1)S(C)(=O)=O.